The molecule has 1 rings (SSSR count). The molecule has 0 aliphatic carbocycles. The molecule has 0 unspecified atom stereocenters. The maximum absolute atomic E-state index is 9.00. The van der Waals surface area contributed by atoms with Gasteiger partial charge >= 0.3 is 0 Å². The van der Waals surface area contributed by atoms with Crippen LogP contribution >= 0.6 is 0 Å². The molecule has 1 aromatic rings. The fraction of sp³-hybridized carbons (Fsp3) is 0.250. The van der Waals surface area contributed by atoms with E-state index in [0.717, 1.165) is 6.92 Å². The Hall–Kier alpha value is -1.42. The van der Waals surface area contributed by atoms with Crippen LogP contribution < -0.4 is 0 Å². The van der Waals surface area contributed by atoms with Crippen LogP contribution in [0.25, 0.3) is 0 Å². The number of aliphatic hydroxyl groups excluding tert-OH is 1. The molecule has 2 N–H and O–H groups in total. The van der Waals surface area contributed by atoms with E-state index in [2.05, 4.69) is 4.98 Å². The lowest BCUT2D eigenvalue weighted by Gasteiger charge is -1.88. The monoisotopic (exact) mass is 169 g/mol. The predicted octanol–water partition coefficient (Wildman–Crippen LogP) is 0.665. The van der Waals surface area contributed by atoms with Gasteiger partial charge in [0, 0.05) is 13.1 Å². The summed E-state index contributed by atoms with van der Waals surface area (Å²) >= 11 is 0. The number of aliphatic carboxylic acids is 1. The van der Waals surface area contributed by atoms with Crippen molar-refractivity contribution in [2.45, 2.75) is 13.5 Å². The smallest absolute Gasteiger partial charge is 0.300 e. The third-order valence-electron chi connectivity index (χ3n) is 0.888. The zero-order chi connectivity index (χ0) is 9.40. The Morgan fingerprint density at radius 3 is 2.42 bits per heavy atom. The molecule has 0 aromatic carbocycles. The van der Waals surface area contributed by atoms with E-state index in [4.69, 9.17) is 15.0 Å². The molecule has 0 bridgehead atoms. The molecule has 12 heavy (non-hydrogen) atoms. The second kappa shape index (κ2) is 6.30. The molecule has 4 heteroatoms. The van der Waals surface area contributed by atoms with E-state index < -0.39 is 5.97 Å². The van der Waals surface area contributed by atoms with Crippen LogP contribution in [-0.2, 0) is 11.4 Å². The minimum absolute atomic E-state index is 0.0286. The summed E-state index contributed by atoms with van der Waals surface area (Å²) in [4.78, 5) is 12.8. The van der Waals surface area contributed by atoms with E-state index in [1.165, 1.54) is 0 Å². The van der Waals surface area contributed by atoms with Crippen molar-refractivity contribution in [3.05, 3.63) is 30.1 Å². The van der Waals surface area contributed by atoms with Crippen LogP contribution in [-0.4, -0.2) is 21.2 Å². The van der Waals surface area contributed by atoms with E-state index in [-0.39, 0.29) is 6.61 Å². The first-order chi connectivity index (χ1) is 5.66. The standard InChI is InChI=1S/C6H7NO.C2H4O2/c8-5-6-3-1-2-4-7-6;1-2(3)4/h1-4,8H,5H2;1H3,(H,3,4). The Kier molecular flexibility index (Phi) is 5.55. The Morgan fingerprint density at radius 2 is 2.17 bits per heavy atom. The molecule has 0 aliphatic heterocycles. The first kappa shape index (κ1) is 10.6. The van der Waals surface area contributed by atoms with E-state index in [1.54, 1.807) is 12.3 Å². The average Bonchev–Trinajstić information content (AvgIpc) is 2.05. The number of rotatable bonds is 1. The molecule has 0 amide bonds. The van der Waals surface area contributed by atoms with Gasteiger partial charge in [-0.3, -0.25) is 9.78 Å². The van der Waals surface area contributed by atoms with Gasteiger partial charge < -0.3 is 10.2 Å². The Balaban J connectivity index is 0.000000261. The summed E-state index contributed by atoms with van der Waals surface area (Å²) in [5.74, 6) is -0.833. The van der Waals surface area contributed by atoms with Crippen molar-refractivity contribution in [2.75, 3.05) is 0 Å². The van der Waals surface area contributed by atoms with Gasteiger partial charge in [-0.25, -0.2) is 0 Å². The van der Waals surface area contributed by atoms with Crippen molar-refractivity contribution < 1.29 is 15.0 Å². The first-order valence-corrected chi connectivity index (χ1v) is 3.37. The van der Waals surface area contributed by atoms with Gasteiger partial charge in [-0.05, 0) is 12.1 Å². The largest absolute Gasteiger partial charge is 0.481 e. The molecule has 0 fully saturated rings. The molecule has 1 heterocycles. The third kappa shape index (κ3) is 6.70. The number of nitrogens with zero attached hydrogens (tertiary/aromatic N) is 1. The van der Waals surface area contributed by atoms with Gasteiger partial charge in [0.15, 0.2) is 0 Å². The van der Waals surface area contributed by atoms with Gasteiger partial charge in [-0.15, -0.1) is 0 Å². The Labute approximate surface area is 70.5 Å². The highest BCUT2D eigenvalue weighted by Gasteiger charge is 1.82. The predicted molar refractivity (Wildman–Crippen MR) is 43.5 cm³/mol. The van der Waals surface area contributed by atoms with Gasteiger partial charge in [0.2, 0.25) is 0 Å². The highest BCUT2D eigenvalue weighted by atomic mass is 16.4. The third-order valence-corrected chi connectivity index (χ3v) is 0.888. The van der Waals surface area contributed by atoms with Crippen molar-refractivity contribution in [2.24, 2.45) is 0 Å². The van der Waals surface area contributed by atoms with E-state index in [9.17, 15) is 0 Å². The van der Waals surface area contributed by atoms with E-state index in [1.807, 2.05) is 12.1 Å². The van der Waals surface area contributed by atoms with Gasteiger partial charge in [0.25, 0.3) is 5.97 Å². The van der Waals surface area contributed by atoms with Crippen LogP contribution in [0, 0.1) is 0 Å². The van der Waals surface area contributed by atoms with Gasteiger partial charge in [0.1, 0.15) is 0 Å². The summed E-state index contributed by atoms with van der Waals surface area (Å²) in [6.45, 7) is 1.11. The van der Waals surface area contributed by atoms with Crippen LogP contribution in [0.5, 0.6) is 0 Å². The quantitative estimate of drug-likeness (QED) is 0.648. The van der Waals surface area contributed by atoms with Crippen molar-refractivity contribution in [3.8, 4) is 0 Å². The highest BCUT2D eigenvalue weighted by Crippen LogP contribution is 1.89. The molecule has 66 valence electrons. The SMILES string of the molecule is CC(=O)O.OCc1ccccn1. The fourth-order valence-corrected chi connectivity index (χ4v) is 0.492. The molecule has 0 aliphatic rings. The highest BCUT2D eigenvalue weighted by molar-refractivity contribution is 5.62. The molecule has 4 nitrogen and oxygen atoms in total. The van der Waals surface area contributed by atoms with Gasteiger partial charge in [0.05, 0.1) is 12.3 Å². The topological polar surface area (TPSA) is 70.4 Å². The number of hydrogen-bond acceptors (Lipinski definition) is 3. The van der Waals surface area contributed by atoms with E-state index in [0.29, 0.717) is 5.69 Å². The van der Waals surface area contributed by atoms with Crippen molar-refractivity contribution in [1.82, 2.24) is 4.98 Å². The zero-order valence-corrected chi connectivity index (χ0v) is 6.77. The molecule has 0 radical (unpaired) electrons. The normalized spacial score (nSPS) is 8.17. The Bertz CT molecular complexity index is 219. The lowest BCUT2D eigenvalue weighted by atomic mass is 10.4. The van der Waals surface area contributed by atoms with Crippen molar-refractivity contribution in [1.29, 1.82) is 0 Å². The molecule has 0 saturated heterocycles. The molecule has 0 atom stereocenters. The maximum atomic E-state index is 9.00. The minimum Gasteiger partial charge on any atom is -0.481 e. The number of pyridine rings is 1. The molecular formula is C8H11NO3. The summed E-state index contributed by atoms with van der Waals surface area (Å²) in [6, 6.07) is 5.44. The second-order valence-electron chi connectivity index (χ2n) is 2.00. The number of hydrogen-bond donors (Lipinski definition) is 2. The average molecular weight is 169 g/mol. The van der Waals surface area contributed by atoms with Crippen LogP contribution in [0.2, 0.25) is 0 Å². The summed E-state index contributed by atoms with van der Waals surface area (Å²) in [5, 5.41) is 15.9. The first-order valence-electron chi connectivity index (χ1n) is 3.37. The van der Waals surface area contributed by atoms with Crippen LogP contribution in [0.4, 0.5) is 0 Å². The summed E-state index contributed by atoms with van der Waals surface area (Å²) in [7, 11) is 0. The summed E-state index contributed by atoms with van der Waals surface area (Å²) in [5.41, 5.74) is 0.715. The van der Waals surface area contributed by atoms with Crippen LogP contribution in [0.3, 0.4) is 0 Å². The molecular weight excluding hydrogens is 158 g/mol. The summed E-state index contributed by atoms with van der Waals surface area (Å²) < 4.78 is 0. The fourth-order valence-electron chi connectivity index (χ4n) is 0.492. The number of aromatic nitrogens is 1. The van der Waals surface area contributed by atoms with Crippen molar-refractivity contribution >= 4 is 5.97 Å². The molecule has 0 saturated carbocycles. The van der Waals surface area contributed by atoms with Gasteiger partial charge in [-0.2, -0.15) is 0 Å². The lowest BCUT2D eigenvalue weighted by Crippen LogP contribution is -1.84. The minimum atomic E-state index is -0.833. The number of carbonyl (C=O) groups is 1. The lowest BCUT2D eigenvalue weighted by molar-refractivity contribution is -0.134. The van der Waals surface area contributed by atoms with Crippen LogP contribution in [0.15, 0.2) is 24.4 Å². The Morgan fingerprint density at radius 1 is 1.58 bits per heavy atom. The molecule has 0 spiro atoms. The molecule has 1 aromatic heterocycles. The maximum Gasteiger partial charge on any atom is 0.300 e. The number of carboxylic acid groups (broad SMARTS) is 1. The summed E-state index contributed by atoms with van der Waals surface area (Å²) in [6.07, 6.45) is 1.66. The van der Waals surface area contributed by atoms with Crippen LogP contribution in [0.1, 0.15) is 12.6 Å². The van der Waals surface area contributed by atoms with Crippen molar-refractivity contribution in [3.63, 3.8) is 0 Å². The van der Waals surface area contributed by atoms with Gasteiger partial charge in [-0.1, -0.05) is 6.07 Å². The number of carboxylic acids is 1. The number of aliphatic hydroxyl groups is 1. The second-order valence-corrected chi connectivity index (χ2v) is 2.00. The zero-order valence-electron chi connectivity index (χ0n) is 6.77. The van der Waals surface area contributed by atoms with E-state index >= 15 is 0 Å².